The summed E-state index contributed by atoms with van der Waals surface area (Å²) in [7, 11) is -3.79. The first-order valence-corrected chi connectivity index (χ1v) is 67.6. The summed E-state index contributed by atoms with van der Waals surface area (Å²) in [6.07, 6.45) is 22.2. The van der Waals surface area contributed by atoms with Gasteiger partial charge < -0.3 is 0 Å². The number of fused-ring (bicyclic) bond motifs is 8. The molecule has 0 spiro atoms. The van der Waals surface area contributed by atoms with Crippen LogP contribution in [0.1, 0.15) is 141 Å². The number of aromatic nitrogens is 4. The van der Waals surface area contributed by atoms with Crippen LogP contribution in [-0.4, -0.2) is 70.4 Å². The fourth-order valence-electron chi connectivity index (χ4n) is 13.9. The van der Waals surface area contributed by atoms with Crippen molar-refractivity contribution in [3.63, 3.8) is 0 Å². The SMILES string of the molecule is Brc1ccc(Br)c2nsnc12.CCCCCC[Si]1(CCCCCC)c2c[c]([Sn]([CH3])([CH3])[CH3])sc2-c2s[c]([Sn]([CH3])([CH3])[CH3])cc21.CCCCCC[Si]1(CCCCCC)c2cc(C)sc2-c2sc(-c3ccc(C)c4nsnc34)cc21.c1ccc(P(c2ccccc2)c2ccccc2)cc1. The van der Waals surface area contributed by atoms with Crippen molar-refractivity contribution in [2.75, 3.05) is 0 Å². The van der Waals surface area contributed by atoms with Gasteiger partial charge in [0.05, 0.1) is 23.5 Å². The van der Waals surface area contributed by atoms with Crippen molar-refractivity contribution >= 4 is 226 Å². The maximum absolute atomic E-state index is 4.71. The van der Waals surface area contributed by atoms with Crippen LogP contribution in [0, 0.1) is 13.8 Å². The van der Waals surface area contributed by atoms with Gasteiger partial charge in [0, 0.05) is 34.0 Å². The minimum absolute atomic E-state index is 0.446. The predicted octanol–water partition coefficient (Wildman–Crippen LogP) is 23.1. The van der Waals surface area contributed by atoms with Crippen LogP contribution in [0.5, 0.6) is 0 Å². The molecule has 502 valence electrons. The van der Waals surface area contributed by atoms with Crippen molar-refractivity contribution in [3.8, 4) is 29.9 Å². The largest absolute Gasteiger partial charge is 0.173 e. The molecule has 0 aliphatic carbocycles. The molecular formula is C78H99Br2N4PS6Si2Sn2. The molecule has 0 unspecified atom stereocenters. The number of rotatable bonds is 26. The van der Waals surface area contributed by atoms with Gasteiger partial charge in [0.15, 0.2) is 0 Å². The van der Waals surface area contributed by atoms with Crippen molar-refractivity contribution in [2.45, 2.75) is 198 Å². The van der Waals surface area contributed by atoms with Crippen LogP contribution in [0.15, 0.2) is 148 Å². The van der Waals surface area contributed by atoms with E-state index in [-0.39, 0.29) is 0 Å². The zero-order valence-electron chi connectivity index (χ0n) is 58.4. The van der Waals surface area contributed by atoms with E-state index in [0.717, 1.165) is 31.0 Å². The van der Waals surface area contributed by atoms with E-state index in [1.807, 2.05) is 51.0 Å². The molecule has 6 aromatic heterocycles. The molecule has 0 saturated heterocycles. The van der Waals surface area contributed by atoms with Gasteiger partial charge in [-0.3, -0.25) is 0 Å². The average Bonchev–Trinajstić information content (AvgIpc) is 1.55. The topological polar surface area (TPSA) is 51.6 Å². The number of benzene rings is 5. The summed E-state index contributed by atoms with van der Waals surface area (Å²) in [4.78, 5) is 25.3. The average molecular weight is 1770 g/mol. The van der Waals surface area contributed by atoms with E-state index in [1.165, 1.54) is 187 Å². The van der Waals surface area contributed by atoms with Crippen LogP contribution >= 0.6 is 109 Å². The Balaban J connectivity index is 0.000000147. The maximum atomic E-state index is 4.71. The van der Waals surface area contributed by atoms with Crippen molar-refractivity contribution in [2.24, 2.45) is 0 Å². The molecule has 2 aliphatic heterocycles. The number of hydrogen-bond donors (Lipinski definition) is 0. The zero-order valence-corrected chi connectivity index (χ0v) is 75.0. The molecule has 2 aliphatic rings. The van der Waals surface area contributed by atoms with Crippen LogP contribution in [0.25, 0.3) is 52.0 Å². The summed E-state index contributed by atoms with van der Waals surface area (Å²) in [6, 6.07) is 57.4. The molecule has 0 bridgehead atoms. The molecular weight excluding hydrogens is 1670 g/mol. The van der Waals surface area contributed by atoms with Gasteiger partial charge in [-0.2, -0.15) is 17.5 Å². The molecule has 0 N–H and O–H groups in total. The van der Waals surface area contributed by atoms with Gasteiger partial charge in [0.1, 0.15) is 30.1 Å². The fraction of sp³-hybridized carbons (Fsp3) is 0.410. The summed E-state index contributed by atoms with van der Waals surface area (Å²) in [5, 5.41) is 11.5. The van der Waals surface area contributed by atoms with E-state index in [9.17, 15) is 0 Å². The Kier molecular flexibility index (Phi) is 28.0. The first kappa shape index (κ1) is 75.6. The van der Waals surface area contributed by atoms with Crippen molar-refractivity contribution < 1.29 is 0 Å². The van der Waals surface area contributed by atoms with E-state index in [1.54, 1.807) is 29.9 Å². The Morgan fingerprint density at radius 3 is 1.14 bits per heavy atom. The van der Waals surface area contributed by atoms with Gasteiger partial charge in [-0.25, -0.2) is 0 Å². The van der Waals surface area contributed by atoms with Crippen LogP contribution < -0.4 is 42.4 Å². The van der Waals surface area contributed by atoms with Gasteiger partial charge in [0.25, 0.3) is 0 Å². The Hall–Kier alpha value is -2.04. The van der Waals surface area contributed by atoms with Gasteiger partial charge in [-0.15, -0.1) is 22.7 Å². The summed E-state index contributed by atoms with van der Waals surface area (Å²) in [6.45, 7) is 13.8. The molecule has 0 amide bonds. The predicted molar refractivity (Wildman–Crippen MR) is 451 cm³/mol. The third-order valence-electron chi connectivity index (χ3n) is 19.1. The minimum Gasteiger partial charge on any atom is -0.173 e. The van der Waals surface area contributed by atoms with Crippen molar-refractivity contribution in [1.29, 1.82) is 0 Å². The smallest absolute Gasteiger partial charge is 0.122 e. The first-order chi connectivity index (χ1) is 45.9. The number of nitrogens with zero attached hydrogens (tertiary/aromatic N) is 4. The Morgan fingerprint density at radius 2 is 0.737 bits per heavy atom. The first-order valence-electron chi connectivity index (χ1n) is 35.2. The molecule has 0 radical (unpaired) electrons. The molecule has 5 aromatic carbocycles. The normalized spacial score (nSPS) is 13.4. The van der Waals surface area contributed by atoms with Gasteiger partial charge >= 0.3 is 212 Å². The number of thiophene rings is 4. The minimum atomic E-state index is -2.06. The Bertz CT molecular complexity index is 4010. The van der Waals surface area contributed by atoms with E-state index in [4.69, 9.17) is 4.37 Å². The summed E-state index contributed by atoms with van der Waals surface area (Å²) in [5.41, 5.74) is 6.51. The number of hydrogen-bond acceptors (Lipinski definition) is 10. The molecule has 4 nitrogen and oxygen atoms in total. The summed E-state index contributed by atoms with van der Waals surface area (Å²) < 4.78 is 23.2. The molecule has 8 heterocycles. The van der Waals surface area contributed by atoms with E-state index in [2.05, 4.69) is 266 Å². The van der Waals surface area contributed by atoms with Gasteiger partial charge in [-0.1, -0.05) is 168 Å². The molecule has 0 atom stereocenters. The van der Waals surface area contributed by atoms with Crippen molar-refractivity contribution in [1.82, 2.24) is 17.5 Å². The number of unbranched alkanes of at least 4 members (excludes halogenated alkanes) is 12. The van der Waals surface area contributed by atoms with E-state index >= 15 is 0 Å². The molecule has 95 heavy (non-hydrogen) atoms. The third kappa shape index (κ3) is 17.9. The standard InChI is InChI=1S/C28H36N2S3Si.C20H28S2Si.C18H15P.C6H2Br2N2S.6CH3.2Sn/c1-5-7-9-11-15-34(16-12-10-8-6-2)23-17-20(4)31-27(23)28-24(34)18-22(32-28)21-14-13-19(3)25-26(21)30-33-29-25;1-3-5-7-9-15-23(16-10-8-6-4-2)17-11-13-21-19(17)20-18(23)12-14-22-20;1-4-10-16(11-5-1)19(17-12-6-2-7-13-17)18-14-8-3-9-15-18;7-3-1-2-4(8)6-5(3)9-11-10-6;;;;;;;;/h13-14,17-18H,5-12,15-16H2,1-4H3;11-12H,3-10,15-16H2,1-2H3;1-15H;1-2H;6*1H3;;. The molecule has 0 fully saturated rings. The van der Waals surface area contributed by atoms with Gasteiger partial charge in [0.2, 0.25) is 0 Å². The Morgan fingerprint density at radius 1 is 0.379 bits per heavy atom. The quantitative estimate of drug-likeness (QED) is 0.0308. The van der Waals surface area contributed by atoms with Gasteiger partial charge in [-0.05, 0) is 122 Å². The summed E-state index contributed by atoms with van der Waals surface area (Å²) in [5.74, 6) is 0. The number of halogens is 2. The zero-order chi connectivity index (χ0) is 67.3. The second-order valence-electron chi connectivity index (χ2n) is 28.3. The monoisotopic (exact) mass is 1770 g/mol. The van der Waals surface area contributed by atoms with E-state index in [0.29, 0.717) is 0 Å². The van der Waals surface area contributed by atoms with Crippen LogP contribution in [0.4, 0.5) is 0 Å². The number of aryl methyl sites for hydroxylation is 2. The fourth-order valence-corrected chi connectivity index (χ4v) is 48.5. The Labute approximate surface area is 622 Å². The molecule has 13 rings (SSSR count). The third-order valence-corrected chi connectivity index (χ3v) is 58.8. The second-order valence-corrected chi connectivity index (χ2v) is 77.0. The molecule has 0 saturated carbocycles. The second kappa shape index (κ2) is 35.2. The maximum Gasteiger partial charge on any atom is 0.122 e. The van der Waals surface area contributed by atoms with Crippen LogP contribution in [-0.2, 0) is 0 Å². The van der Waals surface area contributed by atoms with Crippen molar-refractivity contribution in [3.05, 3.63) is 159 Å². The molecule has 11 aromatic rings. The van der Waals surface area contributed by atoms with Crippen LogP contribution in [0.2, 0.25) is 53.8 Å². The summed E-state index contributed by atoms with van der Waals surface area (Å²) >= 11 is 13.8. The van der Waals surface area contributed by atoms with Crippen LogP contribution in [0.3, 0.4) is 0 Å². The van der Waals surface area contributed by atoms with E-state index < -0.39 is 60.8 Å². The molecule has 17 heteroatoms.